The molecule has 7 nitrogen and oxygen atoms in total. The maximum absolute atomic E-state index is 12.6. The zero-order valence-corrected chi connectivity index (χ0v) is 16.6. The van der Waals surface area contributed by atoms with Crippen LogP contribution in [0.2, 0.25) is 0 Å². The van der Waals surface area contributed by atoms with E-state index in [1.165, 1.54) is 5.56 Å². The molecule has 0 atom stereocenters. The van der Waals surface area contributed by atoms with Crippen LogP contribution in [-0.4, -0.2) is 52.1 Å². The van der Waals surface area contributed by atoms with Gasteiger partial charge >= 0.3 is 0 Å². The SMILES string of the molecule is CCc1ccc(-c2noc(CCC(=O)N3CCN(c4ccccn4)CC3)n2)cc1. The van der Waals surface area contributed by atoms with E-state index < -0.39 is 0 Å². The lowest BCUT2D eigenvalue weighted by atomic mass is 10.1. The molecular formula is C22H25N5O2. The first-order valence-corrected chi connectivity index (χ1v) is 10.1. The van der Waals surface area contributed by atoms with Gasteiger partial charge in [0.2, 0.25) is 17.6 Å². The number of rotatable bonds is 6. The summed E-state index contributed by atoms with van der Waals surface area (Å²) in [5.41, 5.74) is 2.19. The molecule has 0 aliphatic carbocycles. The fourth-order valence-corrected chi connectivity index (χ4v) is 3.46. The van der Waals surface area contributed by atoms with Crippen LogP contribution in [0, 0.1) is 0 Å². The Morgan fingerprint density at radius 2 is 1.86 bits per heavy atom. The molecule has 0 N–H and O–H groups in total. The Balaban J connectivity index is 1.27. The quantitative estimate of drug-likeness (QED) is 0.643. The van der Waals surface area contributed by atoms with Crippen molar-refractivity contribution in [2.24, 2.45) is 0 Å². The standard InChI is InChI=1S/C22H25N5O2/c1-2-17-6-8-18(9-7-17)22-24-20(29-25-22)10-11-21(28)27-15-13-26(14-16-27)19-5-3-4-12-23-19/h3-9,12H,2,10-11,13-16H2,1H3. The molecule has 7 heteroatoms. The van der Waals surface area contributed by atoms with Crippen LogP contribution in [0.1, 0.15) is 24.8 Å². The Labute approximate surface area is 170 Å². The van der Waals surface area contributed by atoms with Gasteiger partial charge in [-0.05, 0) is 24.1 Å². The van der Waals surface area contributed by atoms with Crippen LogP contribution in [0.15, 0.2) is 53.2 Å². The van der Waals surface area contributed by atoms with Crippen LogP contribution in [0.4, 0.5) is 5.82 Å². The van der Waals surface area contributed by atoms with Crippen molar-refractivity contribution >= 4 is 11.7 Å². The summed E-state index contributed by atoms with van der Waals surface area (Å²) < 4.78 is 5.34. The van der Waals surface area contributed by atoms with Crippen molar-refractivity contribution in [1.82, 2.24) is 20.0 Å². The van der Waals surface area contributed by atoms with Crippen LogP contribution < -0.4 is 4.90 Å². The number of aryl methyl sites for hydroxylation is 2. The first kappa shape index (κ1) is 19.1. The second-order valence-corrected chi connectivity index (χ2v) is 7.12. The van der Waals surface area contributed by atoms with E-state index in [1.807, 2.05) is 35.2 Å². The van der Waals surface area contributed by atoms with E-state index in [9.17, 15) is 4.79 Å². The van der Waals surface area contributed by atoms with Crippen molar-refractivity contribution < 1.29 is 9.32 Å². The van der Waals surface area contributed by atoms with Crippen LogP contribution in [0.3, 0.4) is 0 Å². The third kappa shape index (κ3) is 4.62. The molecule has 1 aliphatic heterocycles. The molecule has 29 heavy (non-hydrogen) atoms. The Bertz CT molecular complexity index is 931. The molecule has 0 bridgehead atoms. The lowest BCUT2D eigenvalue weighted by Crippen LogP contribution is -2.49. The number of amides is 1. The summed E-state index contributed by atoms with van der Waals surface area (Å²) in [7, 11) is 0. The number of carbonyl (C=O) groups excluding carboxylic acids is 1. The van der Waals surface area contributed by atoms with Gasteiger partial charge in [-0.15, -0.1) is 0 Å². The monoisotopic (exact) mass is 391 g/mol. The van der Waals surface area contributed by atoms with Gasteiger partial charge in [0.25, 0.3) is 0 Å². The molecule has 1 saturated heterocycles. The molecule has 1 aliphatic rings. The minimum absolute atomic E-state index is 0.123. The van der Waals surface area contributed by atoms with E-state index in [1.54, 1.807) is 6.20 Å². The number of hydrogen-bond donors (Lipinski definition) is 0. The maximum Gasteiger partial charge on any atom is 0.227 e. The average molecular weight is 391 g/mol. The van der Waals surface area contributed by atoms with E-state index >= 15 is 0 Å². The summed E-state index contributed by atoms with van der Waals surface area (Å²) in [4.78, 5) is 25.5. The highest BCUT2D eigenvalue weighted by molar-refractivity contribution is 5.76. The predicted molar refractivity (Wildman–Crippen MR) is 110 cm³/mol. The fraction of sp³-hybridized carbons (Fsp3) is 0.364. The smallest absolute Gasteiger partial charge is 0.227 e. The van der Waals surface area contributed by atoms with Crippen molar-refractivity contribution in [3.05, 3.63) is 60.1 Å². The Kier molecular flexibility index (Phi) is 5.84. The second-order valence-electron chi connectivity index (χ2n) is 7.12. The number of anilines is 1. The molecular weight excluding hydrogens is 366 g/mol. The van der Waals surface area contributed by atoms with Crippen molar-refractivity contribution in [2.45, 2.75) is 26.2 Å². The van der Waals surface area contributed by atoms with Crippen LogP contribution in [0.5, 0.6) is 0 Å². The first-order valence-electron chi connectivity index (χ1n) is 10.1. The van der Waals surface area contributed by atoms with E-state index in [-0.39, 0.29) is 5.91 Å². The molecule has 0 spiro atoms. The van der Waals surface area contributed by atoms with Crippen molar-refractivity contribution in [3.8, 4) is 11.4 Å². The zero-order valence-electron chi connectivity index (χ0n) is 16.6. The molecule has 4 rings (SSSR count). The molecule has 0 radical (unpaired) electrons. The maximum atomic E-state index is 12.6. The third-order valence-electron chi connectivity index (χ3n) is 5.25. The molecule has 3 aromatic rings. The van der Waals surface area contributed by atoms with Gasteiger partial charge in [0.1, 0.15) is 5.82 Å². The number of nitrogens with zero attached hydrogens (tertiary/aromatic N) is 5. The molecule has 3 heterocycles. The number of pyridine rings is 1. The van der Waals surface area contributed by atoms with Crippen molar-refractivity contribution in [2.75, 3.05) is 31.1 Å². The summed E-state index contributed by atoms with van der Waals surface area (Å²) in [5.74, 6) is 2.15. The average Bonchev–Trinajstić information content (AvgIpc) is 3.27. The van der Waals surface area contributed by atoms with Gasteiger partial charge in [0, 0.05) is 50.8 Å². The highest BCUT2D eigenvalue weighted by Gasteiger charge is 2.22. The molecule has 0 unspecified atom stereocenters. The second kappa shape index (κ2) is 8.86. The Hall–Kier alpha value is -3.22. The molecule has 0 saturated carbocycles. The number of piperazine rings is 1. The predicted octanol–water partition coefficient (Wildman–Crippen LogP) is 2.98. The topological polar surface area (TPSA) is 75.4 Å². The van der Waals surface area contributed by atoms with Gasteiger partial charge in [0.05, 0.1) is 0 Å². The lowest BCUT2D eigenvalue weighted by Gasteiger charge is -2.35. The highest BCUT2D eigenvalue weighted by Crippen LogP contribution is 2.18. The van der Waals surface area contributed by atoms with E-state index in [4.69, 9.17) is 4.52 Å². The largest absolute Gasteiger partial charge is 0.353 e. The molecule has 150 valence electrons. The van der Waals surface area contributed by atoms with Crippen LogP contribution in [-0.2, 0) is 17.6 Å². The number of benzene rings is 1. The number of aromatic nitrogens is 3. The Morgan fingerprint density at radius 1 is 1.07 bits per heavy atom. The summed E-state index contributed by atoms with van der Waals surface area (Å²) in [6.07, 6.45) is 3.62. The number of hydrogen-bond acceptors (Lipinski definition) is 6. The zero-order chi connectivity index (χ0) is 20.1. The van der Waals surface area contributed by atoms with Gasteiger partial charge in [0.15, 0.2) is 0 Å². The van der Waals surface area contributed by atoms with Gasteiger partial charge in [-0.3, -0.25) is 4.79 Å². The minimum atomic E-state index is 0.123. The number of carbonyl (C=O) groups is 1. The van der Waals surface area contributed by atoms with Gasteiger partial charge in [-0.25, -0.2) is 4.98 Å². The summed E-state index contributed by atoms with van der Waals surface area (Å²) >= 11 is 0. The van der Waals surface area contributed by atoms with Gasteiger partial charge in [-0.1, -0.05) is 42.4 Å². The van der Waals surface area contributed by atoms with Gasteiger partial charge < -0.3 is 14.3 Å². The lowest BCUT2D eigenvalue weighted by molar-refractivity contribution is -0.131. The fourth-order valence-electron chi connectivity index (χ4n) is 3.46. The van der Waals surface area contributed by atoms with Crippen LogP contribution in [0.25, 0.3) is 11.4 Å². The summed E-state index contributed by atoms with van der Waals surface area (Å²) in [6, 6.07) is 14.0. The first-order chi connectivity index (χ1) is 14.2. The van der Waals surface area contributed by atoms with Gasteiger partial charge in [-0.2, -0.15) is 4.98 Å². The highest BCUT2D eigenvalue weighted by atomic mass is 16.5. The third-order valence-corrected chi connectivity index (χ3v) is 5.25. The van der Waals surface area contributed by atoms with Crippen molar-refractivity contribution in [3.63, 3.8) is 0 Å². The van der Waals surface area contributed by atoms with Crippen molar-refractivity contribution in [1.29, 1.82) is 0 Å². The molecule has 1 amide bonds. The molecule has 1 aromatic carbocycles. The molecule has 1 fully saturated rings. The summed E-state index contributed by atoms with van der Waals surface area (Å²) in [5, 5.41) is 4.05. The minimum Gasteiger partial charge on any atom is -0.353 e. The Morgan fingerprint density at radius 3 is 2.55 bits per heavy atom. The van der Waals surface area contributed by atoms with E-state index in [0.717, 1.165) is 30.9 Å². The van der Waals surface area contributed by atoms with Crippen LogP contribution >= 0.6 is 0 Å². The summed E-state index contributed by atoms with van der Waals surface area (Å²) in [6.45, 7) is 5.11. The van der Waals surface area contributed by atoms with E-state index in [2.05, 4.69) is 39.1 Å². The normalized spacial score (nSPS) is 14.2. The molecule has 2 aromatic heterocycles. The van der Waals surface area contributed by atoms with E-state index in [0.29, 0.717) is 37.6 Å².